The van der Waals surface area contributed by atoms with Crippen molar-refractivity contribution in [3.63, 3.8) is 0 Å². The predicted octanol–water partition coefficient (Wildman–Crippen LogP) is 1.51. The van der Waals surface area contributed by atoms with E-state index in [2.05, 4.69) is 18.0 Å². The Hall–Kier alpha value is -0.630. The third-order valence-corrected chi connectivity index (χ3v) is 3.80. The molecule has 0 bridgehead atoms. The highest BCUT2D eigenvalue weighted by Crippen LogP contribution is 2.16. The zero-order chi connectivity index (χ0) is 12.7. The number of hydrogen-bond donors (Lipinski definition) is 1. The van der Waals surface area contributed by atoms with E-state index in [1.807, 2.05) is 6.92 Å². The van der Waals surface area contributed by atoms with E-state index in [0.717, 1.165) is 51.9 Å². The van der Waals surface area contributed by atoms with E-state index in [9.17, 15) is 0 Å². The van der Waals surface area contributed by atoms with Crippen LogP contribution in [-0.2, 0) is 4.74 Å². The number of nitrogens with zero attached hydrogens (tertiary/aromatic N) is 2. The van der Waals surface area contributed by atoms with Gasteiger partial charge in [-0.3, -0.25) is 0 Å². The molecule has 1 saturated heterocycles. The molecule has 1 rings (SSSR count). The van der Waals surface area contributed by atoms with Crippen LogP contribution in [-0.4, -0.2) is 43.3 Å². The van der Waals surface area contributed by atoms with Crippen molar-refractivity contribution in [1.82, 2.24) is 4.90 Å². The van der Waals surface area contributed by atoms with Crippen molar-refractivity contribution in [3.8, 4) is 6.07 Å². The second kappa shape index (κ2) is 6.95. The van der Waals surface area contributed by atoms with Crippen LogP contribution in [0.5, 0.6) is 0 Å². The van der Waals surface area contributed by atoms with Gasteiger partial charge >= 0.3 is 0 Å². The minimum atomic E-state index is -0.628. The molecule has 4 heteroatoms. The summed E-state index contributed by atoms with van der Waals surface area (Å²) in [6.07, 6.45) is 4.75. The zero-order valence-electron chi connectivity index (χ0n) is 11.1. The summed E-state index contributed by atoms with van der Waals surface area (Å²) >= 11 is 0. The predicted molar refractivity (Wildman–Crippen MR) is 68.5 cm³/mol. The van der Waals surface area contributed by atoms with Gasteiger partial charge in [0.05, 0.1) is 6.07 Å². The molecule has 0 aromatic heterocycles. The highest BCUT2D eigenvalue weighted by molar-refractivity contribution is 5.03. The maximum Gasteiger partial charge on any atom is 0.104 e. The van der Waals surface area contributed by atoms with Gasteiger partial charge in [0.1, 0.15) is 5.54 Å². The largest absolute Gasteiger partial charge is 0.381 e. The van der Waals surface area contributed by atoms with Crippen LogP contribution in [0, 0.1) is 11.3 Å². The number of hydrogen-bond acceptors (Lipinski definition) is 4. The number of rotatable bonds is 6. The maximum atomic E-state index is 8.99. The molecule has 4 nitrogen and oxygen atoms in total. The Morgan fingerprint density at radius 2 is 2.12 bits per heavy atom. The third-order valence-electron chi connectivity index (χ3n) is 3.80. The fourth-order valence-corrected chi connectivity index (χ4v) is 2.26. The maximum absolute atomic E-state index is 8.99. The molecule has 17 heavy (non-hydrogen) atoms. The van der Waals surface area contributed by atoms with Gasteiger partial charge in [0.2, 0.25) is 0 Å². The summed E-state index contributed by atoms with van der Waals surface area (Å²) in [5.41, 5.74) is 5.33. The van der Waals surface area contributed by atoms with Crippen molar-refractivity contribution in [1.29, 1.82) is 5.26 Å². The van der Waals surface area contributed by atoms with Crippen LogP contribution >= 0.6 is 0 Å². The van der Waals surface area contributed by atoms with E-state index in [1.165, 1.54) is 0 Å². The summed E-state index contributed by atoms with van der Waals surface area (Å²) in [6.45, 7) is 4.75. The molecular formula is C13H25N3O. The van der Waals surface area contributed by atoms with E-state index in [-0.39, 0.29) is 0 Å². The van der Waals surface area contributed by atoms with Crippen LogP contribution in [0.1, 0.15) is 39.0 Å². The van der Waals surface area contributed by atoms with Crippen molar-refractivity contribution >= 4 is 0 Å². The molecule has 0 aromatic rings. The van der Waals surface area contributed by atoms with Crippen LogP contribution < -0.4 is 5.73 Å². The van der Waals surface area contributed by atoms with Gasteiger partial charge in [0, 0.05) is 19.3 Å². The highest BCUT2D eigenvalue weighted by atomic mass is 16.5. The second-order valence-electron chi connectivity index (χ2n) is 5.05. The van der Waals surface area contributed by atoms with Gasteiger partial charge in [0.15, 0.2) is 0 Å². The van der Waals surface area contributed by atoms with Gasteiger partial charge in [-0.05, 0) is 45.7 Å². The number of nitrogens with two attached hydrogens (primary N) is 1. The molecule has 0 amide bonds. The minimum Gasteiger partial charge on any atom is -0.381 e. The first-order valence-electron chi connectivity index (χ1n) is 6.59. The van der Waals surface area contributed by atoms with Gasteiger partial charge in [0.25, 0.3) is 0 Å². The molecule has 1 fully saturated rings. The van der Waals surface area contributed by atoms with Gasteiger partial charge in [-0.25, -0.2) is 0 Å². The van der Waals surface area contributed by atoms with Gasteiger partial charge in [-0.2, -0.15) is 5.26 Å². The van der Waals surface area contributed by atoms with Crippen molar-refractivity contribution in [2.24, 2.45) is 5.73 Å². The first-order chi connectivity index (χ1) is 8.11. The summed E-state index contributed by atoms with van der Waals surface area (Å²) in [4.78, 5) is 2.38. The normalized spacial score (nSPS) is 21.1. The van der Waals surface area contributed by atoms with Crippen LogP contribution in [0.4, 0.5) is 0 Å². The molecule has 1 heterocycles. The van der Waals surface area contributed by atoms with Crippen LogP contribution in [0.3, 0.4) is 0 Å². The third kappa shape index (κ3) is 4.63. The van der Waals surface area contributed by atoms with E-state index < -0.39 is 5.54 Å². The quantitative estimate of drug-likeness (QED) is 0.763. The summed E-state index contributed by atoms with van der Waals surface area (Å²) < 4.78 is 5.35. The fourth-order valence-electron chi connectivity index (χ4n) is 2.26. The summed E-state index contributed by atoms with van der Waals surface area (Å²) in [6, 6.07) is 2.86. The molecule has 2 N–H and O–H groups in total. The Morgan fingerprint density at radius 3 is 2.65 bits per heavy atom. The molecule has 1 unspecified atom stereocenters. The molecule has 1 atom stereocenters. The Labute approximate surface area is 105 Å². The smallest absolute Gasteiger partial charge is 0.104 e. The summed E-state index contributed by atoms with van der Waals surface area (Å²) in [5.74, 6) is 0. The van der Waals surface area contributed by atoms with Gasteiger partial charge < -0.3 is 15.4 Å². The standard InChI is InChI=1S/C13H25N3O/c1-3-13(15,11-14)7-4-8-16(2)12-5-9-17-10-6-12/h12H,3-10,15H2,1-2H3. The molecular weight excluding hydrogens is 214 g/mol. The molecule has 0 saturated carbocycles. The monoisotopic (exact) mass is 239 g/mol. The first kappa shape index (κ1) is 14.4. The molecule has 1 aliphatic heterocycles. The lowest BCUT2D eigenvalue weighted by molar-refractivity contribution is 0.0423. The lowest BCUT2D eigenvalue weighted by Gasteiger charge is -2.31. The Bertz CT molecular complexity index is 258. The van der Waals surface area contributed by atoms with Crippen molar-refractivity contribution < 1.29 is 4.74 Å². The van der Waals surface area contributed by atoms with Gasteiger partial charge in [-0.15, -0.1) is 0 Å². The molecule has 0 aromatic carbocycles. The fraction of sp³-hybridized carbons (Fsp3) is 0.923. The summed E-state index contributed by atoms with van der Waals surface area (Å²) in [5, 5.41) is 8.99. The summed E-state index contributed by atoms with van der Waals surface area (Å²) in [7, 11) is 2.16. The Balaban J connectivity index is 2.23. The topological polar surface area (TPSA) is 62.3 Å². The lowest BCUT2D eigenvalue weighted by Crippen LogP contribution is -2.40. The van der Waals surface area contributed by atoms with Crippen molar-refractivity contribution in [2.45, 2.75) is 50.6 Å². The average molecular weight is 239 g/mol. The molecule has 98 valence electrons. The zero-order valence-corrected chi connectivity index (χ0v) is 11.1. The minimum absolute atomic E-state index is 0.628. The van der Waals surface area contributed by atoms with E-state index >= 15 is 0 Å². The lowest BCUT2D eigenvalue weighted by atomic mass is 9.93. The molecule has 0 aliphatic carbocycles. The van der Waals surface area contributed by atoms with Crippen LogP contribution in [0.25, 0.3) is 0 Å². The molecule has 0 radical (unpaired) electrons. The SMILES string of the molecule is CCC(N)(C#N)CCCN(C)C1CCOCC1. The van der Waals surface area contributed by atoms with Crippen LogP contribution in [0.2, 0.25) is 0 Å². The number of ether oxygens (including phenoxy) is 1. The molecule has 1 aliphatic rings. The molecule has 0 spiro atoms. The van der Waals surface area contributed by atoms with E-state index in [4.69, 9.17) is 15.7 Å². The highest BCUT2D eigenvalue weighted by Gasteiger charge is 2.23. The Kier molecular flexibility index (Phi) is 5.90. The second-order valence-corrected chi connectivity index (χ2v) is 5.05. The van der Waals surface area contributed by atoms with Crippen LogP contribution in [0.15, 0.2) is 0 Å². The number of nitriles is 1. The van der Waals surface area contributed by atoms with Crippen molar-refractivity contribution in [2.75, 3.05) is 26.8 Å². The van der Waals surface area contributed by atoms with Gasteiger partial charge in [-0.1, -0.05) is 6.92 Å². The van der Waals surface area contributed by atoms with E-state index in [1.54, 1.807) is 0 Å². The average Bonchev–Trinajstić information content (AvgIpc) is 2.39. The van der Waals surface area contributed by atoms with E-state index in [0.29, 0.717) is 6.04 Å². The first-order valence-corrected chi connectivity index (χ1v) is 6.59. The Morgan fingerprint density at radius 1 is 1.47 bits per heavy atom. The van der Waals surface area contributed by atoms with Crippen molar-refractivity contribution in [3.05, 3.63) is 0 Å².